The van der Waals surface area contributed by atoms with Crippen molar-refractivity contribution >= 4 is 22.8 Å². The molecule has 0 spiro atoms. The van der Waals surface area contributed by atoms with E-state index in [2.05, 4.69) is 16.5 Å². The van der Waals surface area contributed by atoms with Crippen molar-refractivity contribution in [2.75, 3.05) is 12.9 Å². The number of hydrogen-bond donors (Lipinski definition) is 1. The van der Waals surface area contributed by atoms with Crippen LogP contribution >= 0.6 is 11.8 Å². The number of H-pyrrole nitrogens is 1. The molecule has 0 amide bonds. The molecule has 0 aliphatic rings. The molecule has 0 radical (unpaired) electrons. The fraction of sp³-hybridized carbons (Fsp3) is 0.250. The summed E-state index contributed by atoms with van der Waals surface area (Å²) in [6.07, 6.45) is 0. The third-order valence-electron chi connectivity index (χ3n) is 2.12. The summed E-state index contributed by atoms with van der Waals surface area (Å²) in [7, 11) is 1.66. The Labute approximate surface area is 98.9 Å². The number of rotatable bonds is 4. The molecule has 1 aromatic heterocycles. The van der Waals surface area contributed by atoms with E-state index >= 15 is 0 Å². The van der Waals surface area contributed by atoms with Crippen LogP contribution in [0.5, 0.6) is 5.75 Å². The van der Waals surface area contributed by atoms with Gasteiger partial charge in [0.05, 0.1) is 18.1 Å². The first-order chi connectivity index (χ1) is 7.69. The maximum atomic E-state index is 5.16. The lowest BCUT2D eigenvalue weighted by Crippen LogP contribution is -1.81. The van der Waals surface area contributed by atoms with Gasteiger partial charge in [-0.15, -0.1) is 0 Å². The highest BCUT2D eigenvalue weighted by molar-refractivity contribution is 7.99. The minimum Gasteiger partial charge on any atom is -0.497 e. The number of aromatic amines is 1. The zero-order chi connectivity index (χ0) is 11.5. The first-order valence-electron chi connectivity index (χ1n) is 5.00. The van der Waals surface area contributed by atoms with Crippen LogP contribution in [-0.4, -0.2) is 22.8 Å². The zero-order valence-electron chi connectivity index (χ0n) is 9.41. The number of nitrogens with zero attached hydrogens (tertiary/aromatic N) is 1. The van der Waals surface area contributed by atoms with E-state index in [1.54, 1.807) is 18.9 Å². The number of nitrogens with one attached hydrogen (secondary N) is 1. The summed E-state index contributed by atoms with van der Waals surface area (Å²) in [6.45, 7) is 5.88. The van der Waals surface area contributed by atoms with Crippen LogP contribution in [0.4, 0.5) is 0 Å². The quantitative estimate of drug-likeness (QED) is 0.652. The molecule has 3 nitrogen and oxygen atoms in total. The van der Waals surface area contributed by atoms with Gasteiger partial charge in [0.25, 0.3) is 0 Å². The Morgan fingerprint density at radius 2 is 2.38 bits per heavy atom. The van der Waals surface area contributed by atoms with Crippen molar-refractivity contribution in [2.24, 2.45) is 0 Å². The highest BCUT2D eigenvalue weighted by Crippen LogP contribution is 2.23. The van der Waals surface area contributed by atoms with Gasteiger partial charge in [-0.2, -0.15) is 0 Å². The molecule has 1 N–H and O–H groups in total. The van der Waals surface area contributed by atoms with Crippen LogP contribution in [0.2, 0.25) is 0 Å². The van der Waals surface area contributed by atoms with Crippen LogP contribution < -0.4 is 4.74 Å². The Bertz CT molecular complexity index is 519. The SMILES string of the molecule is C=C(C)CSc1nc2ccc(OC)cc2[nH]1. The lowest BCUT2D eigenvalue weighted by molar-refractivity contribution is 0.415. The standard InChI is InChI=1S/C12H14N2OS/c1-8(2)7-16-12-13-10-5-4-9(15-3)6-11(10)14-12/h4-6H,1,7H2,2-3H3,(H,13,14). The molecule has 0 saturated carbocycles. The van der Waals surface area contributed by atoms with Gasteiger partial charge in [-0.1, -0.05) is 23.9 Å². The number of benzene rings is 1. The van der Waals surface area contributed by atoms with Gasteiger partial charge in [0, 0.05) is 11.8 Å². The van der Waals surface area contributed by atoms with Crippen molar-refractivity contribution in [1.82, 2.24) is 9.97 Å². The molecule has 1 heterocycles. The van der Waals surface area contributed by atoms with Gasteiger partial charge in [0.1, 0.15) is 5.75 Å². The van der Waals surface area contributed by atoms with Crippen molar-refractivity contribution in [1.29, 1.82) is 0 Å². The molecule has 0 bridgehead atoms. The Kier molecular flexibility index (Phi) is 3.19. The van der Waals surface area contributed by atoms with Gasteiger partial charge >= 0.3 is 0 Å². The van der Waals surface area contributed by atoms with Crippen LogP contribution in [0, 0.1) is 0 Å². The maximum Gasteiger partial charge on any atom is 0.166 e. The highest BCUT2D eigenvalue weighted by Gasteiger charge is 2.04. The second kappa shape index (κ2) is 4.61. The van der Waals surface area contributed by atoms with E-state index < -0.39 is 0 Å². The van der Waals surface area contributed by atoms with E-state index in [1.807, 2.05) is 25.1 Å². The lowest BCUT2D eigenvalue weighted by atomic mass is 10.3. The van der Waals surface area contributed by atoms with Crippen LogP contribution in [0.25, 0.3) is 11.0 Å². The zero-order valence-corrected chi connectivity index (χ0v) is 10.2. The number of methoxy groups -OCH3 is 1. The lowest BCUT2D eigenvalue weighted by Gasteiger charge is -1.96. The van der Waals surface area contributed by atoms with Gasteiger partial charge in [-0.05, 0) is 19.1 Å². The monoisotopic (exact) mass is 234 g/mol. The van der Waals surface area contributed by atoms with Crippen molar-refractivity contribution in [3.05, 3.63) is 30.4 Å². The largest absolute Gasteiger partial charge is 0.497 e. The van der Waals surface area contributed by atoms with Gasteiger partial charge in [0.15, 0.2) is 5.16 Å². The third-order valence-corrected chi connectivity index (χ3v) is 3.23. The van der Waals surface area contributed by atoms with Crippen molar-refractivity contribution < 1.29 is 4.74 Å². The van der Waals surface area contributed by atoms with Crippen LogP contribution in [-0.2, 0) is 0 Å². The van der Waals surface area contributed by atoms with E-state index in [4.69, 9.17) is 4.74 Å². The molecule has 0 aliphatic carbocycles. The number of aromatic nitrogens is 2. The number of hydrogen-bond acceptors (Lipinski definition) is 3. The van der Waals surface area contributed by atoms with Gasteiger partial charge < -0.3 is 9.72 Å². The van der Waals surface area contributed by atoms with E-state index in [0.29, 0.717) is 0 Å². The summed E-state index contributed by atoms with van der Waals surface area (Å²) in [5, 5.41) is 0.922. The predicted octanol–water partition coefficient (Wildman–Crippen LogP) is 3.24. The molecular weight excluding hydrogens is 220 g/mol. The smallest absolute Gasteiger partial charge is 0.166 e. The average Bonchev–Trinajstić information content (AvgIpc) is 2.67. The number of thioether (sulfide) groups is 1. The van der Waals surface area contributed by atoms with E-state index in [1.165, 1.54) is 0 Å². The summed E-state index contributed by atoms with van der Waals surface area (Å²) in [6, 6.07) is 5.82. The third kappa shape index (κ3) is 2.39. The predicted molar refractivity (Wildman–Crippen MR) is 68.2 cm³/mol. The second-order valence-electron chi connectivity index (χ2n) is 3.67. The van der Waals surface area contributed by atoms with Gasteiger partial charge in [-0.25, -0.2) is 4.98 Å². The minimum atomic E-state index is 0.840. The Hall–Kier alpha value is -1.42. The molecule has 0 saturated heterocycles. The molecule has 1 aromatic carbocycles. The number of ether oxygens (including phenoxy) is 1. The first-order valence-corrected chi connectivity index (χ1v) is 5.98. The average molecular weight is 234 g/mol. The molecule has 0 atom stereocenters. The summed E-state index contributed by atoms with van der Waals surface area (Å²) in [5.74, 6) is 1.73. The minimum absolute atomic E-state index is 0.840. The summed E-state index contributed by atoms with van der Waals surface area (Å²) in [5.41, 5.74) is 3.11. The Morgan fingerprint density at radius 1 is 1.56 bits per heavy atom. The Morgan fingerprint density at radius 3 is 3.06 bits per heavy atom. The first kappa shape index (κ1) is 11.1. The fourth-order valence-corrected chi connectivity index (χ4v) is 2.08. The number of fused-ring (bicyclic) bond motifs is 1. The molecule has 0 fully saturated rings. The van der Waals surface area contributed by atoms with E-state index in [-0.39, 0.29) is 0 Å². The molecule has 0 aliphatic heterocycles. The molecule has 0 unspecified atom stereocenters. The molecule has 2 aromatic rings. The highest BCUT2D eigenvalue weighted by atomic mass is 32.2. The molecule has 16 heavy (non-hydrogen) atoms. The summed E-state index contributed by atoms with van der Waals surface area (Å²) >= 11 is 1.66. The normalized spacial score (nSPS) is 10.6. The Balaban J connectivity index is 2.25. The second-order valence-corrected chi connectivity index (χ2v) is 4.63. The van der Waals surface area contributed by atoms with Gasteiger partial charge in [-0.3, -0.25) is 0 Å². The van der Waals surface area contributed by atoms with Crippen LogP contribution in [0.15, 0.2) is 35.5 Å². The van der Waals surface area contributed by atoms with Crippen LogP contribution in [0.3, 0.4) is 0 Å². The fourth-order valence-electron chi connectivity index (χ4n) is 1.35. The molecule has 2 rings (SSSR count). The molecular formula is C12H14N2OS. The van der Waals surface area contributed by atoms with Crippen molar-refractivity contribution in [3.8, 4) is 5.75 Å². The maximum absolute atomic E-state index is 5.16. The summed E-state index contributed by atoms with van der Waals surface area (Å²) in [4.78, 5) is 7.73. The number of imidazole rings is 1. The topological polar surface area (TPSA) is 37.9 Å². The molecule has 4 heteroatoms. The van der Waals surface area contributed by atoms with E-state index in [0.717, 1.165) is 33.3 Å². The van der Waals surface area contributed by atoms with Gasteiger partial charge in [0.2, 0.25) is 0 Å². The van der Waals surface area contributed by atoms with Crippen LogP contribution in [0.1, 0.15) is 6.92 Å². The van der Waals surface area contributed by atoms with E-state index in [9.17, 15) is 0 Å². The summed E-state index contributed by atoms with van der Waals surface area (Å²) < 4.78 is 5.16. The van der Waals surface area contributed by atoms with Crippen molar-refractivity contribution in [2.45, 2.75) is 12.1 Å². The van der Waals surface area contributed by atoms with Crippen molar-refractivity contribution in [3.63, 3.8) is 0 Å². The molecule has 84 valence electrons.